The van der Waals surface area contributed by atoms with Gasteiger partial charge in [0.05, 0.1) is 27.4 Å². The van der Waals surface area contributed by atoms with Crippen LogP contribution in [0.3, 0.4) is 0 Å². The fourth-order valence-corrected chi connectivity index (χ4v) is 4.54. The van der Waals surface area contributed by atoms with Gasteiger partial charge in [-0.15, -0.1) is 0 Å². The number of carbonyl (C=O) groups excluding carboxylic acids is 1. The Balaban J connectivity index is 1.49. The van der Waals surface area contributed by atoms with Gasteiger partial charge in [0.25, 0.3) is 5.56 Å². The van der Waals surface area contributed by atoms with Gasteiger partial charge in [-0.25, -0.2) is 9.97 Å². The Labute approximate surface area is 173 Å². The van der Waals surface area contributed by atoms with Crippen LogP contribution in [0, 0.1) is 13.8 Å². The molecule has 4 aromatic rings. The van der Waals surface area contributed by atoms with E-state index in [4.69, 9.17) is 0 Å². The third-order valence-corrected chi connectivity index (χ3v) is 5.85. The lowest BCUT2D eigenvalue weighted by atomic mass is 10.1. The third kappa shape index (κ3) is 3.70. The highest BCUT2D eigenvalue weighted by atomic mass is 79.9. The first kappa shape index (κ1) is 18.8. The predicted octanol–water partition coefficient (Wildman–Crippen LogP) is 4.41. The maximum Gasteiger partial charge on any atom is 0.261 e. The van der Waals surface area contributed by atoms with E-state index in [1.165, 1.54) is 27.8 Å². The fraction of sp³-hybridized carbons (Fsp3) is 0.200. The first-order valence-corrected chi connectivity index (χ1v) is 10.3. The summed E-state index contributed by atoms with van der Waals surface area (Å²) in [4.78, 5) is 33.8. The highest BCUT2D eigenvalue weighted by molar-refractivity contribution is 9.10. The van der Waals surface area contributed by atoms with Gasteiger partial charge in [-0.2, -0.15) is 0 Å². The van der Waals surface area contributed by atoms with Gasteiger partial charge in [-0.05, 0) is 49.2 Å². The van der Waals surface area contributed by atoms with E-state index in [0.29, 0.717) is 16.0 Å². The number of nitrogens with one attached hydrogen (secondary N) is 1. The minimum absolute atomic E-state index is 0.162. The summed E-state index contributed by atoms with van der Waals surface area (Å²) in [5.41, 5.74) is 3.64. The summed E-state index contributed by atoms with van der Waals surface area (Å²) in [7, 11) is 0. The van der Waals surface area contributed by atoms with Gasteiger partial charge in [0, 0.05) is 17.4 Å². The number of benzene rings is 2. The number of hydrogen-bond donors (Lipinski definition) is 1. The van der Waals surface area contributed by atoms with Crippen LogP contribution in [-0.2, 0) is 11.3 Å². The molecule has 0 aliphatic heterocycles. The maximum absolute atomic E-state index is 12.6. The Bertz CT molecular complexity index is 1280. The van der Waals surface area contributed by atoms with Crippen LogP contribution in [0.2, 0.25) is 0 Å². The number of nitrogens with zero attached hydrogens (tertiary/aromatic N) is 3. The quantitative estimate of drug-likeness (QED) is 0.493. The van der Waals surface area contributed by atoms with E-state index in [1.807, 2.05) is 19.9 Å². The van der Waals surface area contributed by atoms with Crippen LogP contribution in [0.1, 0.15) is 17.5 Å². The normalized spacial score (nSPS) is 11.2. The zero-order valence-corrected chi connectivity index (χ0v) is 17.7. The number of halogens is 1. The molecule has 2 heterocycles. The van der Waals surface area contributed by atoms with E-state index >= 15 is 0 Å². The highest BCUT2D eigenvalue weighted by Crippen LogP contribution is 2.29. The average Bonchev–Trinajstić information content (AvgIpc) is 3.04. The van der Waals surface area contributed by atoms with Crippen molar-refractivity contribution in [1.29, 1.82) is 0 Å². The number of amides is 1. The summed E-state index contributed by atoms with van der Waals surface area (Å²) in [5.74, 6) is -0.185. The molecule has 0 aliphatic rings. The molecule has 2 aromatic carbocycles. The van der Waals surface area contributed by atoms with E-state index in [-0.39, 0.29) is 24.4 Å². The fourth-order valence-electron chi connectivity index (χ4n) is 3.12. The molecule has 0 bridgehead atoms. The molecule has 142 valence electrons. The van der Waals surface area contributed by atoms with Gasteiger partial charge >= 0.3 is 0 Å². The van der Waals surface area contributed by atoms with E-state index < -0.39 is 0 Å². The van der Waals surface area contributed by atoms with E-state index in [9.17, 15) is 9.59 Å². The Morgan fingerprint density at radius 3 is 2.89 bits per heavy atom. The molecule has 0 saturated heterocycles. The molecule has 0 atom stereocenters. The highest BCUT2D eigenvalue weighted by Gasteiger charge is 2.11. The molecule has 6 nitrogen and oxygen atoms in total. The van der Waals surface area contributed by atoms with Crippen molar-refractivity contribution in [1.82, 2.24) is 14.5 Å². The lowest BCUT2D eigenvalue weighted by Gasteiger charge is -2.06. The van der Waals surface area contributed by atoms with Gasteiger partial charge in [0.2, 0.25) is 5.91 Å². The van der Waals surface area contributed by atoms with Crippen molar-refractivity contribution < 1.29 is 4.79 Å². The van der Waals surface area contributed by atoms with Crippen molar-refractivity contribution in [2.45, 2.75) is 26.8 Å². The van der Waals surface area contributed by atoms with Crippen molar-refractivity contribution in [2.24, 2.45) is 0 Å². The van der Waals surface area contributed by atoms with Gasteiger partial charge in [0.15, 0.2) is 5.13 Å². The van der Waals surface area contributed by atoms with Crippen LogP contribution in [-0.4, -0.2) is 20.4 Å². The molecular weight excluding hydrogens is 440 g/mol. The van der Waals surface area contributed by atoms with Gasteiger partial charge in [0.1, 0.15) is 0 Å². The van der Waals surface area contributed by atoms with Crippen LogP contribution in [0.4, 0.5) is 5.13 Å². The summed E-state index contributed by atoms with van der Waals surface area (Å²) in [6.45, 7) is 4.31. The van der Waals surface area contributed by atoms with Crippen LogP contribution in [0.15, 0.2) is 45.9 Å². The lowest BCUT2D eigenvalue weighted by molar-refractivity contribution is -0.116. The number of fused-ring (bicyclic) bond motifs is 2. The Morgan fingerprint density at radius 1 is 1.25 bits per heavy atom. The van der Waals surface area contributed by atoms with Gasteiger partial charge < -0.3 is 5.32 Å². The van der Waals surface area contributed by atoms with E-state index in [2.05, 4.69) is 43.3 Å². The van der Waals surface area contributed by atoms with Crippen molar-refractivity contribution in [2.75, 3.05) is 5.32 Å². The van der Waals surface area contributed by atoms with Crippen LogP contribution in [0.25, 0.3) is 21.1 Å². The SMILES string of the molecule is Cc1cc(C)c2nc(NC(=O)CCn3cnc4ccc(Br)cc4c3=O)sc2c1. The molecule has 0 saturated carbocycles. The summed E-state index contributed by atoms with van der Waals surface area (Å²) in [6.07, 6.45) is 1.64. The summed E-state index contributed by atoms with van der Waals surface area (Å²) < 4.78 is 3.32. The van der Waals surface area contributed by atoms with Crippen molar-refractivity contribution >= 4 is 59.4 Å². The second kappa shape index (κ2) is 7.44. The zero-order chi connectivity index (χ0) is 19.8. The van der Waals surface area contributed by atoms with Gasteiger partial charge in [-0.3, -0.25) is 14.2 Å². The molecule has 0 aliphatic carbocycles. The second-order valence-electron chi connectivity index (χ2n) is 6.65. The number of rotatable bonds is 4. The standard InChI is InChI=1S/C20H17BrN4O2S/c1-11-7-12(2)18-16(8-11)28-20(24-18)23-17(26)5-6-25-10-22-15-4-3-13(21)9-14(15)19(25)27/h3-4,7-10H,5-6H2,1-2H3,(H,23,24,26). The number of carbonyl (C=O) groups is 1. The second-order valence-corrected chi connectivity index (χ2v) is 8.60. The number of aromatic nitrogens is 3. The number of thiazole rings is 1. The Hall–Kier alpha value is -2.58. The number of hydrogen-bond acceptors (Lipinski definition) is 5. The molecule has 1 N–H and O–H groups in total. The predicted molar refractivity (Wildman–Crippen MR) is 116 cm³/mol. The lowest BCUT2D eigenvalue weighted by Crippen LogP contribution is -2.23. The summed E-state index contributed by atoms with van der Waals surface area (Å²) in [5, 5.41) is 3.93. The summed E-state index contributed by atoms with van der Waals surface area (Å²) >= 11 is 4.82. The van der Waals surface area contributed by atoms with Crippen LogP contribution in [0.5, 0.6) is 0 Å². The smallest absolute Gasteiger partial charge is 0.261 e. The third-order valence-electron chi connectivity index (χ3n) is 4.44. The van der Waals surface area contributed by atoms with Crippen molar-refractivity contribution in [3.8, 4) is 0 Å². The largest absolute Gasteiger partial charge is 0.302 e. The molecular formula is C20H17BrN4O2S. The van der Waals surface area contributed by atoms with Gasteiger partial charge in [-0.1, -0.05) is 33.3 Å². The van der Waals surface area contributed by atoms with Crippen molar-refractivity contribution in [3.63, 3.8) is 0 Å². The molecule has 0 fully saturated rings. The molecule has 1 amide bonds. The number of anilines is 1. The van der Waals surface area contributed by atoms with E-state index in [0.717, 1.165) is 20.3 Å². The minimum atomic E-state index is -0.185. The van der Waals surface area contributed by atoms with E-state index in [1.54, 1.807) is 12.1 Å². The minimum Gasteiger partial charge on any atom is -0.302 e. The van der Waals surface area contributed by atoms with Crippen LogP contribution < -0.4 is 10.9 Å². The molecule has 0 spiro atoms. The Morgan fingerprint density at radius 2 is 2.07 bits per heavy atom. The number of aryl methyl sites for hydroxylation is 3. The summed E-state index contributed by atoms with van der Waals surface area (Å²) in [6, 6.07) is 9.51. The zero-order valence-electron chi connectivity index (χ0n) is 15.3. The molecule has 4 rings (SSSR count). The molecule has 8 heteroatoms. The van der Waals surface area contributed by atoms with Crippen LogP contribution >= 0.6 is 27.3 Å². The molecule has 0 unspecified atom stereocenters. The maximum atomic E-state index is 12.6. The molecule has 2 aromatic heterocycles. The Kier molecular flexibility index (Phi) is 4.99. The average molecular weight is 457 g/mol. The molecule has 28 heavy (non-hydrogen) atoms. The topological polar surface area (TPSA) is 76.9 Å². The first-order valence-electron chi connectivity index (χ1n) is 8.73. The monoisotopic (exact) mass is 456 g/mol. The first-order chi connectivity index (χ1) is 13.4. The molecule has 0 radical (unpaired) electrons. The van der Waals surface area contributed by atoms with Crippen molar-refractivity contribution in [3.05, 3.63) is 62.6 Å².